The Morgan fingerprint density at radius 3 is 2.53 bits per heavy atom. The molecule has 5 nitrogen and oxygen atoms in total. The van der Waals surface area contributed by atoms with Crippen molar-refractivity contribution in [1.82, 2.24) is 4.90 Å². The van der Waals surface area contributed by atoms with Gasteiger partial charge in [-0.1, -0.05) is 26.7 Å². The zero-order chi connectivity index (χ0) is 14.2. The number of carbonyl (C=O) groups is 2. The molecule has 0 radical (unpaired) electrons. The predicted octanol–water partition coefficient (Wildman–Crippen LogP) is 1.25. The number of carboxylic acids is 1. The first-order valence-corrected chi connectivity index (χ1v) is 7.04. The van der Waals surface area contributed by atoms with Crippen molar-refractivity contribution in [3.63, 3.8) is 0 Å². The van der Waals surface area contributed by atoms with Crippen LogP contribution in [0.3, 0.4) is 0 Å². The minimum Gasteiger partial charge on any atom is -0.480 e. The number of likely N-dealkylation sites (tertiary alicyclic amines) is 1. The van der Waals surface area contributed by atoms with Crippen LogP contribution in [0, 0.1) is 11.3 Å². The molecule has 1 aliphatic carbocycles. The van der Waals surface area contributed by atoms with Crippen LogP contribution in [0.4, 0.5) is 0 Å². The molecule has 19 heavy (non-hydrogen) atoms. The molecular formula is C14H23NO4. The molecule has 2 N–H and O–H groups in total. The minimum absolute atomic E-state index is 0.0775. The third-order valence-corrected chi connectivity index (χ3v) is 4.65. The first-order valence-electron chi connectivity index (χ1n) is 7.04. The summed E-state index contributed by atoms with van der Waals surface area (Å²) in [6.07, 6.45) is 3.41. The smallest absolute Gasteiger partial charge is 0.326 e. The van der Waals surface area contributed by atoms with Crippen molar-refractivity contribution in [1.29, 1.82) is 0 Å². The Bertz CT molecular complexity index is 380. The first-order chi connectivity index (χ1) is 8.83. The van der Waals surface area contributed by atoms with Gasteiger partial charge < -0.3 is 15.1 Å². The van der Waals surface area contributed by atoms with Gasteiger partial charge in [0.25, 0.3) is 0 Å². The summed E-state index contributed by atoms with van der Waals surface area (Å²) in [5, 5.41) is 18.8. The molecule has 1 saturated heterocycles. The van der Waals surface area contributed by atoms with E-state index < -0.39 is 18.1 Å². The number of rotatable bonds is 2. The molecule has 0 bridgehead atoms. The lowest BCUT2D eigenvalue weighted by atomic mass is 9.68. The summed E-state index contributed by atoms with van der Waals surface area (Å²) >= 11 is 0. The Balaban J connectivity index is 2.16. The quantitative estimate of drug-likeness (QED) is 0.791. The molecule has 1 heterocycles. The van der Waals surface area contributed by atoms with Crippen molar-refractivity contribution in [2.75, 3.05) is 6.54 Å². The average Bonchev–Trinajstić information content (AvgIpc) is 2.70. The van der Waals surface area contributed by atoms with E-state index in [1.807, 2.05) is 0 Å². The second-order valence-electron chi connectivity index (χ2n) is 6.52. The summed E-state index contributed by atoms with van der Waals surface area (Å²) in [6, 6.07) is -0.861. The molecule has 1 aliphatic heterocycles. The van der Waals surface area contributed by atoms with Gasteiger partial charge in [0.05, 0.1) is 6.10 Å². The molecular weight excluding hydrogens is 246 g/mol. The maximum Gasteiger partial charge on any atom is 0.326 e. The number of aliphatic hydroxyl groups is 1. The Hall–Kier alpha value is -1.10. The van der Waals surface area contributed by atoms with Crippen LogP contribution >= 0.6 is 0 Å². The molecule has 0 aromatic rings. The highest BCUT2D eigenvalue weighted by Crippen LogP contribution is 2.42. The Kier molecular flexibility index (Phi) is 3.85. The van der Waals surface area contributed by atoms with E-state index in [2.05, 4.69) is 13.8 Å². The second-order valence-corrected chi connectivity index (χ2v) is 6.52. The van der Waals surface area contributed by atoms with Gasteiger partial charge in [-0.2, -0.15) is 0 Å². The SMILES string of the molecule is CC1(C)CCCCC1C(=O)N1C[C@H](O)C[C@@H]1C(=O)O. The number of amides is 1. The Morgan fingerprint density at radius 2 is 1.95 bits per heavy atom. The molecule has 2 rings (SSSR count). The summed E-state index contributed by atoms with van der Waals surface area (Å²) in [5.41, 5.74) is -0.0775. The molecule has 5 heteroatoms. The van der Waals surface area contributed by atoms with Gasteiger partial charge in [-0.3, -0.25) is 4.79 Å². The van der Waals surface area contributed by atoms with Crippen molar-refractivity contribution >= 4 is 11.9 Å². The maximum absolute atomic E-state index is 12.6. The maximum atomic E-state index is 12.6. The van der Waals surface area contributed by atoms with E-state index in [1.165, 1.54) is 4.90 Å². The highest BCUT2D eigenvalue weighted by molar-refractivity contribution is 5.86. The van der Waals surface area contributed by atoms with E-state index in [4.69, 9.17) is 0 Å². The van der Waals surface area contributed by atoms with Gasteiger partial charge in [0, 0.05) is 18.9 Å². The normalized spacial score (nSPS) is 34.3. The first kappa shape index (κ1) is 14.3. The molecule has 3 atom stereocenters. The van der Waals surface area contributed by atoms with Gasteiger partial charge in [-0.25, -0.2) is 4.79 Å². The van der Waals surface area contributed by atoms with E-state index in [0.717, 1.165) is 25.7 Å². The number of aliphatic carboxylic acids is 1. The average molecular weight is 269 g/mol. The molecule has 0 aromatic heterocycles. The van der Waals surface area contributed by atoms with Crippen molar-refractivity contribution < 1.29 is 19.8 Å². The molecule has 1 amide bonds. The van der Waals surface area contributed by atoms with Gasteiger partial charge in [0.15, 0.2) is 0 Å². The molecule has 1 saturated carbocycles. The lowest BCUT2D eigenvalue weighted by molar-refractivity contribution is -0.152. The minimum atomic E-state index is -1.02. The van der Waals surface area contributed by atoms with E-state index >= 15 is 0 Å². The number of carboxylic acid groups (broad SMARTS) is 1. The Labute approximate surface area is 113 Å². The van der Waals surface area contributed by atoms with Crippen molar-refractivity contribution in [2.24, 2.45) is 11.3 Å². The van der Waals surface area contributed by atoms with Gasteiger partial charge in [0.1, 0.15) is 6.04 Å². The molecule has 0 spiro atoms. The summed E-state index contributed by atoms with van der Waals surface area (Å²) < 4.78 is 0. The molecule has 2 fully saturated rings. The van der Waals surface area contributed by atoms with Crippen LogP contribution in [0.1, 0.15) is 46.0 Å². The van der Waals surface area contributed by atoms with Crippen molar-refractivity contribution in [2.45, 2.75) is 58.1 Å². The number of hydrogen-bond acceptors (Lipinski definition) is 3. The van der Waals surface area contributed by atoms with Gasteiger partial charge in [-0.15, -0.1) is 0 Å². The monoisotopic (exact) mass is 269 g/mol. The van der Waals surface area contributed by atoms with E-state index in [0.29, 0.717) is 0 Å². The standard InChI is InChI=1S/C14H23NO4/c1-14(2)6-4-3-5-10(14)12(17)15-8-9(16)7-11(15)13(18)19/h9-11,16H,3-8H2,1-2H3,(H,18,19)/t9-,10?,11-/m1/s1. The molecule has 2 aliphatic rings. The number of β-amino-alcohol motifs (C(OH)–C–C–N with tert-alkyl or cyclic N) is 1. The number of carbonyl (C=O) groups excluding carboxylic acids is 1. The summed E-state index contributed by atoms with van der Waals surface area (Å²) in [7, 11) is 0. The highest BCUT2D eigenvalue weighted by atomic mass is 16.4. The third kappa shape index (κ3) is 2.76. The summed E-state index contributed by atoms with van der Waals surface area (Å²) in [5.74, 6) is -1.22. The predicted molar refractivity (Wildman–Crippen MR) is 69.5 cm³/mol. The van der Waals surface area contributed by atoms with E-state index in [-0.39, 0.29) is 30.2 Å². The highest BCUT2D eigenvalue weighted by Gasteiger charge is 2.45. The van der Waals surface area contributed by atoms with Crippen LogP contribution in [0.15, 0.2) is 0 Å². The zero-order valence-corrected chi connectivity index (χ0v) is 11.6. The van der Waals surface area contributed by atoms with Crippen LogP contribution in [0.2, 0.25) is 0 Å². The third-order valence-electron chi connectivity index (χ3n) is 4.65. The largest absolute Gasteiger partial charge is 0.480 e. The molecule has 0 aromatic carbocycles. The topological polar surface area (TPSA) is 77.8 Å². The van der Waals surface area contributed by atoms with Crippen LogP contribution in [-0.4, -0.2) is 45.7 Å². The van der Waals surface area contributed by atoms with Crippen molar-refractivity contribution in [3.05, 3.63) is 0 Å². The van der Waals surface area contributed by atoms with Crippen LogP contribution in [0.5, 0.6) is 0 Å². The van der Waals surface area contributed by atoms with Gasteiger partial charge in [-0.05, 0) is 18.3 Å². The summed E-state index contributed by atoms with van der Waals surface area (Å²) in [4.78, 5) is 25.2. The fourth-order valence-corrected chi connectivity index (χ4v) is 3.44. The fraction of sp³-hybridized carbons (Fsp3) is 0.857. The van der Waals surface area contributed by atoms with Crippen LogP contribution < -0.4 is 0 Å². The lowest BCUT2D eigenvalue weighted by Gasteiger charge is -2.40. The van der Waals surface area contributed by atoms with Crippen molar-refractivity contribution in [3.8, 4) is 0 Å². The van der Waals surface area contributed by atoms with E-state index in [9.17, 15) is 19.8 Å². The van der Waals surface area contributed by atoms with Crippen LogP contribution in [0.25, 0.3) is 0 Å². The van der Waals surface area contributed by atoms with E-state index in [1.54, 1.807) is 0 Å². The summed E-state index contributed by atoms with van der Waals surface area (Å²) in [6.45, 7) is 4.32. The molecule has 1 unspecified atom stereocenters. The second kappa shape index (κ2) is 5.12. The zero-order valence-electron chi connectivity index (χ0n) is 11.6. The fourth-order valence-electron chi connectivity index (χ4n) is 3.44. The Morgan fingerprint density at radius 1 is 1.26 bits per heavy atom. The number of nitrogens with zero attached hydrogens (tertiary/aromatic N) is 1. The van der Waals surface area contributed by atoms with Crippen LogP contribution in [-0.2, 0) is 9.59 Å². The lowest BCUT2D eigenvalue weighted by Crippen LogP contribution is -2.48. The number of aliphatic hydroxyl groups excluding tert-OH is 1. The number of hydrogen-bond donors (Lipinski definition) is 2. The molecule has 108 valence electrons. The van der Waals surface area contributed by atoms with Gasteiger partial charge in [0.2, 0.25) is 5.91 Å². The van der Waals surface area contributed by atoms with Gasteiger partial charge >= 0.3 is 5.97 Å².